The van der Waals surface area contributed by atoms with Gasteiger partial charge in [0, 0.05) is 23.6 Å². The molecule has 0 aliphatic rings. The fourth-order valence-electron chi connectivity index (χ4n) is 2.25. The highest BCUT2D eigenvalue weighted by Crippen LogP contribution is 2.24. The summed E-state index contributed by atoms with van der Waals surface area (Å²) in [6.07, 6.45) is 1.55. The van der Waals surface area contributed by atoms with E-state index in [-0.39, 0.29) is 16.6 Å². The molecule has 0 aliphatic heterocycles. The van der Waals surface area contributed by atoms with Crippen molar-refractivity contribution in [2.45, 2.75) is 11.8 Å². The average molecular weight is 371 g/mol. The van der Waals surface area contributed by atoms with Gasteiger partial charge in [-0.05, 0) is 42.8 Å². The first-order valence-corrected chi connectivity index (χ1v) is 9.15. The molecule has 2 aromatic carbocycles. The molecule has 9 heteroatoms. The zero-order chi connectivity index (χ0) is 18.7. The Kier molecular flexibility index (Phi) is 4.74. The predicted octanol–water partition coefficient (Wildman–Crippen LogP) is 2.63. The number of benzene rings is 2. The summed E-state index contributed by atoms with van der Waals surface area (Å²) in [7, 11) is -3.79. The molecule has 0 fully saturated rings. The minimum atomic E-state index is -3.79. The minimum absolute atomic E-state index is 0.00725. The zero-order valence-electron chi connectivity index (χ0n) is 13.8. The van der Waals surface area contributed by atoms with E-state index in [1.807, 2.05) is 6.92 Å². The van der Waals surface area contributed by atoms with Crippen molar-refractivity contribution >= 4 is 33.2 Å². The Balaban J connectivity index is 1.83. The van der Waals surface area contributed by atoms with Gasteiger partial charge in [-0.15, -0.1) is 0 Å². The van der Waals surface area contributed by atoms with E-state index < -0.39 is 10.0 Å². The van der Waals surface area contributed by atoms with Crippen molar-refractivity contribution in [3.05, 3.63) is 60.3 Å². The number of phenols is 1. The number of aryl methyl sites for hydroxylation is 1. The lowest BCUT2D eigenvalue weighted by atomic mass is 10.2. The normalized spacial score (nSPS) is 11.2. The SMILES string of the molecule is Cc1ccc(O)cc1Nc1ccnc(Nc2cccc(S(N)(=O)=O)c2)n1. The van der Waals surface area contributed by atoms with E-state index in [9.17, 15) is 13.5 Å². The van der Waals surface area contributed by atoms with Crippen LogP contribution in [0, 0.1) is 6.92 Å². The van der Waals surface area contributed by atoms with Gasteiger partial charge in [0.15, 0.2) is 0 Å². The van der Waals surface area contributed by atoms with Gasteiger partial charge in [-0.1, -0.05) is 12.1 Å². The number of phenolic OH excluding ortho intramolecular Hbond substituents is 1. The van der Waals surface area contributed by atoms with Gasteiger partial charge in [-0.3, -0.25) is 0 Å². The molecular weight excluding hydrogens is 354 g/mol. The number of anilines is 4. The summed E-state index contributed by atoms with van der Waals surface area (Å²) in [5.74, 6) is 0.934. The molecule has 3 aromatic rings. The second-order valence-corrected chi connectivity index (χ2v) is 7.15. The lowest BCUT2D eigenvalue weighted by Gasteiger charge is -2.11. The Morgan fingerprint density at radius 1 is 1.08 bits per heavy atom. The van der Waals surface area contributed by atoms with Crippen LogP contribution in [0.5, 0.6) is 5.75 Å². The van der Waals surface area contributed by atoms with Crippen LogP contribution in [0.4, 0.5) is 23.1 Å². The molecular formula is C17H17N5O3S. The van der Waals surface area contributed by atoms with E-state index in [2.05, 4.69) is 20.6 Å². The molecule has 0 saturated heterocycles. The van der Waals surface area contributed by atoms with Gasteiger partial charge in [0.05, 0.1) is 4.90 Å². The number of hydrogen-bond acceptors (Lipinski definition) is 7. The van der Waals surface area contributed by atoms with Crippen molar-refractivity contribution in [2.75, 3.05) is 10.6 Å². The molecule has 1 aromatic heterocycles. The number of rotatable bonds is 5. The van der Waals surface area contributed by atoms with Crippen LogP contribution in [-0.2, 0) is 10.0 Å². The van der Waals surface area contributed by atoms with Crippen molar-refractivity contribution in [1.29, 1.82) is 0 Å². The summed E-state index contributed by atoms with van der Waals surface area (Å²) >= 11 is 0. The third-order valence-corrected chi connectivity index (χ3v) is 4.47. The fourth-order valence-corrected chi connectivity index (χ4v) is 2.81. The molecule has 0 bridgehead atoms. The highest BCUT2D eigenvalue weighted by atomic mass is 32.2. The predicted molar refractivity (Wildman–Crippen MR) is 99.3 cm³/mol. The second-order valence-electron chi connectivity index (χ2n) is 5.59. The number of nitrogens with zero attached hydrogens (tertiary/aromatic N) is 2. The summed E-state index contributed by atoms with van der Waals surface area (Å²) < 4.78 is 22.9. The summed E-state index contributed by atoms with van der Waals surface area (Å²) in [4.78, 5) is 8.44. The van der Waals surface area contributed by atoms with Gasteiger partial charge in [0.2, 0.25) is 16.0 Å². The third kappa shape index (κ3) is 4.26. The van der Waals surface area contributed by atoms with E-state index >= 15 is 0 Å². The summed E-state index contributed by atoms with van der Waals surface area (Å²) in [5.41, 5.74) is 2.14. The van der Waals surface area contributed by atoms with E-state index in [1.54, 1.807) is 42.6 Å². The van der Waals surface area contributed by atoms with Gasteiger partial charge in [-0.25, -0.2) is 18.5 Å². The maximum atomic E-state index is 11.4. The number of aromatic hydroxyl groups is 1. The number of sulfonamides is 1. The van der Waals surface area contributed by atoms with Gasteiger partial charge in [0.25, 0.3) is 0 Å². The lowest BCUT2D eigenvalue weighted by Crippen LogP contribution is -2.12. The van der Waals surface area contributed by atoms with Crippen molar-refractivity contribution < 1.29 is 13.5 Å². The first-order valence-electron chi connectivity index (χ1n) is 7.61. The molecule has 0 spiro atoms. The van der Waals surface area contributed by atoms with Crippen LogP contribution in [0.3, 0.4) is 0 Å². The molecule has 0 aliphatic carbocycles. The second kappa shape index (κ2) is 6.98. The standard InChI is InChI=1S/C17H17N5O3S/c1-11-5-6-13(23)10-15(11)21-16-7-8-19-17(22-16)20-12-3-2-4-14(9-12)26(18,24)25/h2-10,23H,1H3,(H2,18,24,25)(H2,19,20,21,22). The van der Waals surface area contributed by atoms with Crippen molar-refractivity contribution in [2.24, 2.45) is 5.14 Å². The van der Waals surface area contributed by atoms with Crippen LogP contribution in [0.2, 0.25) is 0 Å². The van der Waals surface area contributed by atoms with Crippen LogP contribution < -0.4 is 15.8 Å². The quantitative estimate of drug-likeness (QED) is 0.542. The Labute approximate surface area is 150 Å². The van der Waals surface area contributed by atoms with Gasteiger partial charge < -0.3 is 15.7 Å². The maximum Gasteiger partial charge on any atom is 0.238 e. The van der Waals surface area contributed by atoms with E-state index in [0.717, 1.165) is 5.56 Å². The first-order chi connectivity index (χ1) is 12.3. The highest BCUT2D eigenvalue weighted by molar-refractivity contribution is 7.89. The van der Waals surface area contributed by atoms with Gasteiger partial charge >= 0.3 is 0 Å². The lowest BCUT2D eigenvalue weighted by molar-refractivity contribution is 0.475. The van der Waals surface area contributed by atoms with Crippen molar-refractivity contribution in [3.8, 4) is 5.75 Å². The van der Waals surface area contributed by atoms with Crippen LogP contribution in [-0.4, -0.2) is 23.5 Å². The number of aromatic nitrogens is 2. The van der Waals surface area contributed by atoms with Crippen LogP contribution in [0.25, 0.3) is 0 Å². The van der Waals surface area contributed by atoms with E-state index in [0.29, 0.717) is 17.2 Å². The van der Waals surface area contributed by atoms with Crippen molar-refractivity contribution in [1.82, 2.24) is 9.97 Å². The highest BCUT2D eigenvalue weighted by Gasteiger charge is 2.09. The van der Waals surface area contributed by atoms with Gasteiger partial charge in [-0.2, -0.15) is 4.98 Å². The van der Waals surface area contributed by atoms with Crippen molar-refractivity contribution in [3.63, 3.8) is 0 Å². The largest absolute Gasteiger partial charge is 0.508 e. The fraction of sp³-hybridized carbons (Fsp3) is 0.0588. The number of hydrogen-bond donors (Lipinski definition) is 4. The Morgan fingerprint density at radius 3 is 2.65 bits per heavy atom. The molecule has 0 saturated carbocycles. The Morgan fingerprint density at radius 2 is 1.88 bits per heavy atom. The molecule has 5 N–H and O–H groups in total. The topological polar surface area (TPSA) is 130 Å². The molecule has 3 rings (SSSR count). The molecule has 1 heterocycles. The maximum absolute atomic E-state index is 11.4. The molecule has 0 atom stereocenters. The molecule has 134 valence electrons. The van der Waals surface area contributed by atoms with E-state index in [1.165, 1.54) is 12.1 Å². The van der Waals surface area contributed by atoms with Crippen LogP contribution in [0.15, 0.2) is 59.6 Å². The van der Waals surface area contributed by atoms with Crippen LogP contribution in [0.1, 0.15) is 5.56 Å². The average Bonchev–Trinajstić information content (AvgIpc) is 2.58. The van der Waals surface area contributed by atoms with E-state index in [4.69, 9.17) is 5.14 Å². The first kappa shape index (κ1) is 17.6. The van der Waals surface area contributed by atoms with Crippen LogP contribution >= 0.6 is 0 Å². The molecule has 0 unspecified atom stereocenters. The Hall–Kier alpha value is -3.17. The van der Waals surface area contributed by atoms with Gasteiger partial charge in [0.1, 0.15) is 11.6 Å². The summed E-state index contributed by atoms with van der Waals surface area (Å²) in [6, 6.07) is 12.7. The summed E-state index contributed by atoms with van der Waals surface area (Å²) in [6.45, 7) is 1.90. The molecule has 0 radical (unpaired) electrons. The third-order valence-electron chi connectivity index (χ3n) is 3.56. The molecule has 8 nitrogen and oxygen atoms in total. The zero-order valence-corrected chi connectivity index (χ0v) is 14.7. The molecule has 26 heavy (non-hydrogen) atoms. The monoisotopic (exact) mass is 371 g/mol. The smallest absolute Gasteiger partial charge is 0.238 e. The molecule has 0 amide bonds. The number of primary sulfonamides is 1. The Bertz CT molecular complexity index is 1050. The number of nitrogens with one attached hydrogen (secondary N) is 2. The number of nitrogens with two attached hydrogens (primary N) is 1. The summed E-state index contributed by atoms with van der Waals surface area (Å²) in [5, 5.41) is 20.8. The minimum Gasteiger partial charge on any atom is -0.508 e.